The van der Waals surface area contributed by atoms with Crippen molar-refractivity contribution in [3.05, 3.63) is 87.7 Å². The van der Waals surface area contributed by atoms with Gasteiger partial charge in [0.25, 0.3) is 11.8 Å². The quantitative estimate of drug-likeness (QED) is 0.362. The minimum absolute atomic E-state index is 0.327. The van der Waals surface area contributed by atoms with Crippen molar-refractivity contribution in [3.63, 3.8) is 0 Å². The summed E-state index contributed by atoms with van der Waals surface area (Å²) in [6.45, 7) is 2.33. The zero-order chi connectivity index (χ0) is 23.7. The minimum atomic E-state index is -0.813. The van der Waals surface area contributed by atoms with Crippen LogP contribution in [0.3, 0.4) is 0 Å². The van der Waals surface area contributed by atoms with Crippen LogP contribution in [-0.4, -0.2) is 22.8 Å². The minimum Gasteiger partial charge on any atom is -0.489 e. The van der Waals surface area contributed by atoms with E-state index in [0.717, 1.165) is 22.2 Å². The van der Waals surface area contributed by atoms with Gasteiger partial charge in [0, 0.05) is 22.2 Å². The SMILES string of the molecule is Cc1cc(COc2ccc(C(=O)Nc3ccsc3C3NC(=O)NC3=O)cc2)c2ccccc2n1. The number of carbonyl (C=O) groups is 3. The Labute approximate surface area is 199 Å². The number of hydrogen-bond acceptors (Lipinski definition) is 6. The van der Waals surface area contributed by atoms with Crippen molar-refractivity contribution in [1.29, 1.82) is 0 Å². The van der Waals surface area contributed by atoms with E-state index in [1.165, 1.54) is 11.3 Å². The summed E-state index contributed by atoms with van der Waals surface area (Å²) in [5.74, 6) is -0.134. The van der Waals surface area contributed by atoms with Gasteiger partial charge in [-0.2, -0.15) is 0 Å². The summed E-state index contributed by atoms with van der Waals surface area (Å²) >= 11 is 1.28. The number of urea groups is 1. The van der Waals surface area contributed by atoms with Crippen molar-refractivity contribution in [2.45, 2.75) is 19.6 Å². The maximum Gasteiger partial charge on any atom is 0.322 e. The van der Waals surface area contributed by atoms with Gasteiger partial charge in [0.2, 0.25) is 0 Å². The molecule has 0 spiro atoms. The Morgan fingerprint density at radius 3 is 2.68 bits per heavy atom. The number of nitrogens with zero attached hydrogens (tertiary/aromatic N) is 1. The van der Waals surface area contributed by atoms with E-state index in [4.69, 9.17) is 4.74 Å². The number of pyridine rings is 1. The number of fused-ring (bicyclic) bond motifs is 1. The number of aromatic nitrogens is 1. The summed E-state index contributed by atoms with van der Waals surface area (Å²) in [5, 5.41) is 10.4. The van der Waals surface area contributed by atoms with Crippen LogP contribution < -0.4 is 20.7 Å². The highest BCUT2D eigenvalue weighted by molar-refractivity contribution is 7.10. The summed E-state index contributed by atoms with van der Waals surface area (Å²) in [5.41, 5.74) is 3.81. The van der Waals surface area contributed by atoms with E-state index >= 15 is 0 Å². The molecule has 8 nitrogen and oxygen atoms in total. The molecule has 4 aromatic rings. The molecule has 3 heterocycles. The molecule has 3 N–H and O–H groups in total. The second-order valence-corrected chi connectivity index (χ2v) is 8.75. The molecular formula is C25H20N4O4S. The smallest absolute Gasteiger partial charge is 0.322 e. The van der Waals surface area contributed by atoms with E-state index in [9.17, 15) is 14.4 Å². The van der Waals surface area contributed by atoms with E-state index in [1.807, 2.05) is 37.3 Å². The van der Waals surface area contributed by atoms with Crippen LogP contribution >= 0.6 is 11.3 Å². The standard InChI is InChI=1S/C25H20N4O4S/c1-14-12-16(18-4-2-3-5-19(18)26-14)13-33-17-8-6-15(7-9-17)23(30)27-20-10-11-34-22(20)21-24(31)29-25(32)28-21/h2-12,21H,13H2,1H3,(H,27,30)(H2,28,29,31,32). The molecule has 1 atom stereocenters. The zero-order valence-corrected chi connectivity index (χ0v) is 18.9. The molecule has 1 saturated heterocycles. The average Bonchev–Trinajstić information content (AvgIpc) is 3.42. The molecule has 34 heavy (non-hydrogen) atoms. The van der Waals surface area contributed by atoms with Gasteiger partial charge in [-0.1, -0.05) is 18.2 Å². The molecule has 2 aromatic carbocycles. The van der Waals surface area contributed by atoms with Crippen LogP contribution in [0.1, 0.15) is 32.5 Å². The van der Waals surface area contributed by atoms with E-state index in [1.54, 1.807) is 35.7 Å². The van der Waals surface area contributed by atoms with Gasteiger partial charge in [0.15, 0.2) is 0 Å². The second kappa shape index (κ2) is 8.95. The maximum absolute atomic E-state index is 12.8. The molecule has 1 aliphatic heterocycles. The number of nitrogens with one attached hydrogen (secondary N) is 3. The van der Waals surface area contributed by atoms with Crippen LogP contribution in [-0.2, 0) is 11.4 Å². The molecule has 5 rings (SSSR count). The largest absolute Gasteiger partial charge is 0.489 e. The van der Waals surface area contributed by atoms with Crippen LogP contribution in [0.2, 0.25) is 0 Å². The van der Waals surface area contributed by atoms with E-state index in [2.05, 4.69) is 20.9 Å². The van der Waals surface area contributed by atoms with Crippen molar-refractivity contribution >= 4 is 45.8 Å². The molecule has 0 radical (unpaired) electrons. The highest BCUT2D eigenvalue weighted by Gasteiger charge is 2.33. The highest BCUT2D eigenvalue weighted by atomic mass is 32.1. The molecule has 4 amide bonds. The number of aryl methyl sites for hydroxylation is 1. The molecule has 2 aromatic heterocycles. The normalized spacial score (nSPS) is 15.1. The molecule has 1 aliphatic rings. The lowest BCUT2D eigenvalue weighted by molar-refractivity contribution is -0.120. The summed E-state index contributed by atoms with van der Waals surface area (Å²) in [7, 11) is 0. The third-order valence-electron chi connectivity index (χ3n) is 5.42. The number of amides is 4. The first-order valence-electron chi connectivity index (χ1n) is 10.6. The fourth-order valence-electron chi connectivity index (χ4n) is 3.82. The fourth-order valence-corrected chi connectivity index (χ4v) is 4.72. The first-order valence-corrected chi connectivity index (χ1v) is 11.4. The zero-order valence-electron chi connectivity index (χ0n) is 18.1. The summed E-state index contributed by atoms with van der Waals surface area (Å²) < 4.78 is 5.96. The lowest BCUT2D eigenvalue weighted by Crippen LogP contribution is -2.22. The molecule has 0 aliphatic carbocycles. The Morgan fingerprint density at radius 2 is 1.91 bits per heavy atom. The van der Waals surface area contributed by atoms with Gasteiger partial charge in [-0.15, -0.1) is 11.3 Å². The first kappa shape index (κ1) is 21.6. The number of para-hydroxylation sites is 1. The van der Waals surface area contributed by atoms with Crippen LogP contribution in [0.4, 0.5) is 10.5 Å². The van der Waals surface area contributed by atoms with Crippen molar-refractivity contribution in [3.8, 4) is 5.75 Å². The Bertz CT molecular complexity index is 1410. The van der Waals surface area contributed by atoms with Gasteiger partial charge in [-0.25, -0.2) is 4.79 Å². The number of benzene rings is 2. The van der Waals surface area contributed by atoms with Crippen molar-refractivity contribution in [2.24, 2.45) is 0 Å². The fraction of sp³-hybridized carbons (Fsp3) is 0.120. The number of ether oxygens (including phenoxy) is 1. The van der Waals surface area contributed by atoms with Crippen molar-refractivity contribution in [1.82, 2.24) is 15.6 Å². The van der Waals surface area contributed by atoms with Gasteiger partial charge < -0.3 is 15.4 Å². The summed E-state index contributed by atoms with van der Waals surface area (Å²) in [6, 6.07) is 17.1. The third-order valence-corrected chi connectivity index (χ3v) is 6.40. The molecule has 9 heteroatoms. The van der Waals surface area contributed by atoms with Crippen LogP contribution in [0.5, 0.6) is 5.75 Å². The molecule has 1 fully saturated rings. The monoisotopic (exact) mass is 472 g/mol. The van der Waals surface area contributed by atoms with Crippen molar-refractivity contribution < 1.29 is 19.1 Å². The van der Waals surface area contributed by atoms with Gasteiger partial charge in [0.05, 0.1) is 16.1 Å². The molecular weight excluding hydrogens is 452 g/mol. The lowest BCUT2D eigenvalue weighted by Gasteiger charge is -2.12. The molecule has 1 unspecified atom stereocenters. The van der Waals surface area contributed by atoms with Gasteiger partial charge in [-0.05, 0) is 54.8 Å². The number of thiophene rings is 1. The Morgan fingerprint density at radius 1 is 1.12 bits per heavy atom. The number of hydrogen-bond donors (Lipinski definition) is 3. The number of rotatable bonds is 6. The molecule has 170 valence electrons. The predicted molar refractivity (Wildman–Crippen MR) is 129 cm³/mol. The Hall–Kier alpha value is -4.24. The number of anilines is 1. The number of carbonyl (C=O) groups excluding carboxylic acids is 3. The number of imide groups is 1. The third kappa shape index (κ3) is 4.33. The highest BCUT2D eigenvalue weighted by Crippen LogP contribution is 2.31. The van der Waals surface area contributed by atoms with Crippen LogP contribution in [0.15, 0.2) is 66.0 Å². The summed E-state index contributed by atoms with van der Waals surface area (Å²) in [4.78, 5) is 41.3. The Balaban J connectivity index is 1.26. The van der Waals surface area contributed by atoms with E-state index < -0.39 is 18.0 Å². The Kier molecular flexibility index (Phi) is 5.69. The van der Waals surface area contributed by atoms with E-state index in [0.29, 0.717) is 28.5 Å². The molecule has 0 bridgehead atoms. The second-order valence-electron chi connectivity index (χ2n) is 7.80. The van der Waals surface area contributed by atoms with Crippen molar-refractivity contribution in [2.75, 3.05) is 5.32 Å². The van der Waals surface area contributed by atoms with E-state index in [-0.39, 0.29) is 5.91 Å². The maximum atomic E-state index is 12.8. The van der Waals surface area contributed by atoms with Gasteiger partial charge >= 0.3 is 6.03 Å². The van der Waals surface area contributed by atoms with Crippen LogP contribution in [0, 0.1) is 6.92 Å². The average molecular weight is 473 g/mol. The van der Waals surface area contributed by atoms with Gasteiger partial charge in [-0.3, -0.25) is 19.9 Å². The first-order chi connectivity index (χ1) is 16.5. The van der Waals surface area contributed by atoms with Crippen LogP contribution in [0.25, 0.3) is 10.9 Å². The summed E-state index contributed by atoms with van der Waals surface area (Å²) in [6.07, 6.45) is 0. The predicted octanol–water partition coefficient (Wildman–Crippen LogP) is 4.32. The molecule has 0 saturated carbocycles. The topological polar surface area (TPSA) is 109 Å². The lowest BCUT2D eigenvalue weighted by atomic mass is 10.1. The van der Waals surface area contributed by atoms with Gasteiger partial charge in [0.1, 0.15) is 18.4 Å².